The van der Waals surface area contributed by atoms with Gasteiger partial charge in [-0.1, -0.05) is 0 Å². The second-order valence-electron chi connectivity index (χ2n) is 4.46. The molecule has 2 aromatic rings. The molecular formula is C13H16N4O6S. The van der Waals surface area contributed by atoms with E-state index in [1.807, 2.05) is 0 Å². The van der Waals surface area contributed by atoms with Gasteiger partial charge >= 0.3 is 5.97 Å². The van der Waals surface area contributed by atoms with E-state index in [1.165, 1.54) is 39.8 Å². The number of methoxy groups -OCH3 is 3. The summed E-state index contributed by atoms with van der Waals surface area (Å²) in [5.74, 6) is -0.245. The molecule has 10 nitrogen and oxygen atoms in total. The number of benzene rings is 1. The number of hydrogen-bond acceptors (Lipinski definition) is 8. The van der Waals surface area contributed by atoms with Crippen LogP contribution in [-0.4, -0.2) is 50.5 Å². The molecule has 1 N–H and O–H groups in total. The lowest BCUT2D eigenvalue weighted by atomic mass is 10.3. The summed E-state index contributed by atoms with van der Waals surface area (Å²) in [4.78, 5) is 14.8. The van der Waals surface area contributed by atoms with Crippen LogP contribution < -0.4 is 14.2 Å². The summed E-state index contributed by atoms with van der Waals surface area (Å²) >= 11 is 0. The molecule has 0 fully saturated rings. The van der Waals surface area contributed by atoms with Gasteiger partial charge in [-0.25, -0.2) is 17.8 Å². The summed E-state index contributed by atoms with van der Waals surface area (Å²) in [5.41, 5.74) is 0. The molecule has 0 aliphatic heterocycles. The van der Waals surface area contributed by atoms with Gasteiger partial charge in [-0.3, -0.25) is 4.79 Å². The van der Waals surface area contributed by atoms with E-state index in [9.17, 15) is 13.2 Å². The lowest BCUT2D eigenvalue weighted by Crippen LogP contribution is -2.16. The van der Waals surface area contributed by atoms with Crippen LogP contribution in [0.15, 0.2) is 29.4 Å². The van der Waals surface area contributed by atoms with Gasteiger partial charge in [0.15, 0.2) is 0 Å². The maximum atomic E-state index is 12.5. The maximum Gasteiger partial charge on any atom is 0.327 e. The van der Waals surface area contributed by atoms with E-state index in [-0.39, 0.29) is 23.1 Å². The highest BCUT2D eigenvalue weighted by molar-refractivity contribution is 7.92. The topological polar surface area (TPSA) is 122 Å². The minimum Gasteiger partial charge on any atom is -0.497 e. The number of sulfonamides is 1. The van der Waals surface area contributed by atoms with Gasteiger partial charge in [-0.15, -0.1) is 5.10 Å². The quantitative estimate of drug-likeness (QED) is 0.702. The average molecular weight is 356 g/mol. The fraction of sp³-hybridized carbons (Fsp3) is 0.308. The van der Waals surface area contributed by atoms with Gasteiger partial charge in [-0.2, -0.15) is 4.98 Å². The van der Waals surface area contributed by atoms with Crippen molar-refractivity contribution >= 4 is 21.9 Å². The Morgan fingerprint density at radius 1 is 1.25 bits per heavy atom. The lowest BCUT2D eigenvalue weighted by Gasteiger charge is -2.11. The van der Waals surface area contributed by atoms with Crippen molar-refractivity contribution in [2.75, 3.05) is 26.1 Å². The zero-order valence-corrected chi connectivity index (χ0v) is 14.0. The van der Waals surface area contributed by atoms with Gasteiger partial charge in [0.25, 0.3) is 16.0 Å². The Kier molecular flexibility index (Phi) is 5.24. The Morgan fingerprint density at radius 2 is 2.00 bits per heavy atom. The Labute approximate surface area is 138 Å². The number of carbonyl (C=O) groups is 1. The molecule has 0 spiro atoms. The van der Waals surface area contributed by atoms with Crippen LogP contribution in [-0.2, 0) is 26.1 Å². The first-order valence-electron chi connectivity index (χ1n) is 6.60. The third kappa shape index (κ3) is 3.93. The number of nitrogens with one attached hydrogen (secondary N) is 1. The van der Waals surface area contributed by atoms with Crippen molar-refractivity contribution in [1.82, 2.24) is 14.8 Å². The number of aromatic nitrogens is 3. The summed E-state index contributed by atoms with van der Waals surface area (Å²) in [6.45, 7) is -0.187. The van der Waals surface area contributed by atoms with Crippen molar-refractivity contribution < 1.29 is 27.4 Å². The predicted molar refractivity (Wildman–Crippen MR) is 82.4 cm³/mol. The number of rotatable bonds is 7. The summed E-state index contributed by atoms with van der Waals surface area (Å²) in [6.07, 6.45) is 1.21. The second-order valence-corrected chi connectivity index (χ2v) is 6.12. The van der Waals surface area contributed by atoms with Gasteiger partial charge in [0, 0.05) is 6.07 Å². The number of nitrogens with zero attached hydrogens (tertiary/aromatic N) is 3. The summed E-state index contributed by atoms with van der Waals surface area (Å²) in [7, 11) is -0.0151. The molecule has 2 rings (SSSR count). The normalized spacial score (nSPS) is 11.0. The first-order valence-corrected chi connectivity index (χ1v) is 8.09. The molecule has 0 amide bonds. The number of ether oxygens (including phenoxy) is 3. The fourth-order valence-electron chi connectivity index (χ4n) is 1.78. The number of hydrogen-bond donors (Lipinski definition) is 1. The van der Waals surface area contributed by atoms with Crippen molar-refractivity contribution in [2.45, 2.75) is 11.4 Å². The molecule has 0 aliphatic rings. The predicted octanol–water partition coefficient (Wildman–Crippen LogP) is 0.269. The average Bonchev–Trinajstić information content (AvgIpc) is 3.00. The Balaban J connectivity index is 2.27. The van der Waals surface area contributed by atoms with Crippen LogP contribution in [0, 0.1) is 0 Å². The van der Waals surface area contributed by atoms with Gasteiger partial charge < -0.3 is 14.2 Å². The van der Waals surface area contributed by atoms with Gasteiger partial charge in [0.2, 0.25) is 0 Å². The molecule has 0 unspecified atom stereocenters. The fourth-order valence-corrected chi connectivity index (χ4v) is 2.91. The highest BCUT2D eigenvalue weighted by Crippen LogP contribution is 2.29. The van der Waals surface area contributed by atoms with Crippen LogP contribution in [0.4, 0.5) is 5.95 Å². The van der Waals surface area contributed by atoms with Crippen molar-refractivity contribution in [3.8, 4) is 11.5 Å². The van der Waals surface area contributed by atoms with Crippen LogP contribution in [0.25, 0.3) is 0 Å². The maximum absolute atomic E-state index is 12.5. The lowest BCUT2D eigenvalue weighted by molar-refractivity contribution is -0.141. The minimum atomic E-state index is -4.02. The molecule has 1 aromatic carbocycles. The molecule has 0 aliphatic carbocycles. The van der Waals surface area contributed by atoms with Crippen LogP contribution in [0.1, 0.15) is 0 Å². The largest absolute Gasteiger partial charge is 0.497 e. The smallest absolute Gasteiger partial charge is 0.327 e. The Morgan fingerprint density at radius 3 is 2.62 bits per heavy atom. The number of anilines is 1. The van der Waals surface area contributed by atoms with Gasteiger partial charge in [-0.05, 0) is 12.1 Å². The van der Waals surface area contributed by atoms with E-state index in [1.54, 1.807) is 6.07 Å². The van der Waals surface area contributed by atoms with Gasteiger partial charge in [0.05, 0.1) is 21.3 Å². The summed E-state index contributed by atoms with van der Waals surface area (Å²) in [6, 6.07) is 4.35. The standard InChI is InChI=1S/C13H16N4O6S/c1-21-9-4-5-10(22-2)11(6-9)24(19,20)16-13-14-8-17(15-13)7-12(18)23-3/h4-6,8H,7H2,1-3H3,(H,15,16). The highest BCUT2D eigenvalue weighted by atomic mass is 32.2. The van der Waals surface area contributed by atoms with Crippen LogP contribution in [0.5, 0.6) is 11.5 Å². The monoisotopic (exact) mass is 356 g/mol. The third-order valence-electron chi connectivity index (χ3n) is 2.94. The zero-order valence-electron chi connectivity index (χ0n) is 13.2. The molecule has 24 heavy (non-hydrogen) atoms. The van der Waals surface area contributed by atoms with E-state index in [0.717, 1.165) is 4.68 Å². The van der Waals surface area contributed by atoms with E-state index >= 15 is 0 Å². The SMILES string of the molecule is COC(=O)Cn1cnc(NS(=O)(=O)c2cc(OC)ccc2OC)n1. The summed E-state index contributed by atoms with van der Waals surface area (Å²) in [5, 5.41) is 3.85. The molecular weight excluding hydrogens is 340 g/mol. The van der Waals surface area contributed by atoms with E-state index in [2.05, 4.69) is 19.5 Å². The molecule has 130 valence electrons. The zero-order chi connectivity index (χ0) is 17.7. The third-order valence-corrected chi connectivity index (χ3v) is 4.29. The number of carbonyl (C=O) groups excluding carboxylic acids is 1. The van der Waals surface area contributed by atoms with Crippen molar-refractivity contribution in [3.63, 3.8) is 0 Å². The highest BCUT2D eigenvalue weighted by Gasteiger charge is 2.22. The van der Waals surface area contributed by atoms with Crippen LogP contribution >= 0.6 is 0 Å². The molecule has 11 heteroatoms. The first-order chi connectivity index (χ1) is 11.4. The summed E-state index contributed by atoms with van der Waals surface area (Å²) < 4.78 is 43.0. The molecule has 0 radical (unpaired) electrons. The van der Waals surface area contributed by atoms with Crippen molar-refractivity contribution in [1.29, 1.82) is 0 Å². The Bertz CT molecular complexity index is 833. The van der Waals surface area contributed by atoms with E-state index < -0.39 is 16.0 Å². The minimum absolute atomic E-state index is 0.131. The van der Waals surface area contributed by atoms with E-state index in [0.29, 0.717) is 5.75 Å². The van der Waals surface area contributed by atoms with Crippen LogP contribution in [0.2, 0.25) is 0 Å². The molecule has 0 saturated heterocycles. The second kappa shape index (κ2) is 7.17. The molecule has 0 saturated carbocycles. The molecule has 1 aromatic heterocycles. The van der Waals surface area contributed by atoms with E-state index in [4.69, 9.17) is 9.47 Å². The van der Waals surface area contributed by atoms with Gasteiger partial charge in [0.1, 0.15) is 29.3 Å². The van der Waals surface area contributed by atoms with Crippen molar-refractivity contribution in [3.05, 3.63) is 24.5 Å². The molecule has 0 atom stereocenters. The van der Waals surface area contributed by atoms with Crippen LogP contribution in [0.3, 0.4) is 0 Å². The van der Waals surface area contributed by atoms with Crippen molar-refractivity contribution in [2.24, 2.45) is 0 Å². The number of esters is 1. The Hall–Kier alpha value is -2.82. The molecule has 1 heterocycles. The molecule has 0 bridgehead atoms. The first kappa shape index (κ1) is 17.5.